The van der Waals surface area contributed by atoms with Crippen LogP contribution in [0, 0.1) is 6.92 Å². The first-order chi connectivity index (χ1) is 14.4. The number of piperazine rings is 1. The Morgan fingerprint density at radius 2 is 1.83 bits per heavy atom. The number of carbonyl (C=O) groups is 3. The number of nitrogens with zero attached hydrogens (tertiary/aromatic N) is 4. The third-order valence-corrected chi connectivity index (χ3v) is 5.94. The summed E-state index contributed by atoms with van der Waals surface area (Å²) >= 11 is 0. The molecule has 1 atom stereocenters. The van der Waals surface area contributed by atoms with Crippen molar-refractivity contribution in [1.82, 2.24) is 19.7 Å². The van der Waals surface area contributed by atoms with Crippen LogP contribution in [0.2, 0.25) is 0 Å². The number of aryl methyl sites for hydroxylation is 1. The summed E-state index contributed by atoms with van der Waals surface area (Å²) in [6.07, 6.45) is 3.36. The van der Waals surface area contributed by atoms with Gasteiger partial charge < -0.3 is 14.5 Å². The van der Waals surface area contributed by atoms with Crippen LogP contribution in [0.15, 0.2) is 12.1 Å². The molecule has 1 aromatic heterocycles. The number of esters is 1. The van der Waals surface area contributed by atoms with E-state index in [9.17, 15) is 14.4 Å². The highest BCUT2D eigenvalue weighted by atomic mass is 16.5. The molecule has 0 aromatic carbocycles. The Labute approximate surface area is 178 Å². The third-order valence-electron chi connectivity index (χ3n) is 5.94. The van der Waals surface area contributed by atoms with Crippen LogP contribution in [0.1, 0.15) is 59.7 Å². The van der Waals surface area contributed by atoms with Gasteiger partial charge in [-0.05, 0) is 52.2 Å². The maximum Gasteiger partial charge on any atom is 0.339 e. The van der Waals surface area contributed by atoms with E-state index in [0.29, 0.717) is 62.3 Å². The second-order valence-electron chi connectivity index (χ2n) is 8.05. The van der Waals surface area contributed by atoms with E-state index in [2.05, 4.69) is 16.8 Å². The van der Waals surface area contributed by atoms with E-state index in [1.54, 1.807) is 30.9 Å². The average molecular weight is 417 g/mol. The Hall–Kier alpha value is -2.48. The Bertz CT molecular complexity index is 789. The van der Waals surface area contributed by atoms with Crippen molar-refractivity contribution in [3.8, 4) is 0 Å². The van der Waals surface area contributed by atoms with Gasteiger partial charge in [0.15, 0.2) is 0 Å². The van der Waals surface area contributed by atoms with E-state index in [1.165, 1.54) is 6.42 Å². The fraction of sp³-hybridized carbons (Fsp3) is 0.636. The van der Waals surface area contributed by atoms with E-state index in [4.69, 9.17) is 4.74 Å². The maximum absolute atomic E-state index is 12.8. The lowest BCUT2D eigenvalue weighted by Gasteiger charge is -2.38. The molecular formula is C22H32N4O4. The zero-order valence-corrected chi connectivity index (χ0v) is 18.2. The van der Waals surface area contributed by atoms with Crippen molar-refractivity contribution in [2.75, 3.05) is 45.9 Å². The molecule has 8 heteroatoms. The smallest absolute Gasteiger partial charge is 0.339 e. The van der Waals surface area contributed by atoms with E-state index >= 15 is 0 Å². The Morgan fingerprint density at radius 3 is 2.47 bits per heavy atom. The number of amides is 2. The first kappa shape index (κ1) is 22.2. The zero-order chi connectivity index (χ0) is 21.7. The predicted molar refractivity (Wildman–Crippen MR) is 112 cm³/mol. The number of likely N-dealkylation sites (tertiary alicyclic amines) is 1. The first-order valence-electron chi connectivity index (χ1n) is 10.9. The summed E-state index contributed by atoms with van der Waals surface area (Å²) in [4.78, 5) is 47.6. The molecule has 1 unspecified atom stereocenters. The van der Waals surface area contributed by atoms with Crippen LogP contribution in [-0.2, 0) is 9.53 Å². The van der Waals surface area contributed by atoms with Crippen LogP contribution in [-0.4, -0.2) is 89.4 Å². The Morgan fingerprint density at radius 1 is 1.10 bits per heavy atom. The largest absolute Gasteiger partial charge is 0.462 e. The number of pyridine rings is 1. The predicted octanol–water partition coefficient (Wildman–Crippen LogP) is 1.73. The van der Waals surface area contributed by atoms with Gasteiger partial charge in [0.25, 0.3) is 5.91 Å². The summed E-state index contributed by atoms with van der Waals surface area (Å²) in [5, 5.41) is 0. The van der Waals surface area contributed by atoms with Gasteiger partial charge >= 0.3 is 5.97 Å². The van der Waals surface area contributed by atoms with E-state index in [-0.39, 0.29) is 11.8 Å². The molecule has 30 heavy (non-hydrogen) atoms. The molecule has 2 aliphatic heterocycles. The second kappa shape index (κ2) is 10.0. The highest BCUT2D eigenvalue weighted by Gasteiger charge is 2.28. The molecule has 3 rings (SSSR count). The summed E-state index contributed by atoms with van der Waals surface area (Å²) in [5.41, 5.74) is 1.19. The minimum atomic E-state index is -0.428. The molecule has 0 saturated carbocycles. The fourth-order valence-corrected chi connectivity index (χ4v) is 4.13. The first-order valence-corrected chi connectivity index (χ1v) is 10.9. The van der Waals surface area contributed by atoms with Gasteiger partial charge in [-0.1, -0.05) is 0 Å². The summed E-state index contributed by atoms with van der Waals surface area (Å²) in [6, 6.07) is 3.50. The van der Waals surface area contributed by atoms with Crippen LogP contribution < -0.4 is 0 Å². The molecule has 2 saturated heterocycles. The van der Waals surface area contributed by atoms with Crippen molar-refractivity contribution >= 4 is 17.8 Å². The van der Waals surface area contributed by atoms with Gasteiger partial charge in [-0.3, -0.25) is 14.5 Å². The van der Waals surface area contributed by atoms with E-state index in [0.717, 1.165) is 19.4 Å². The van der Waals surface area contributed by atoms with Gasteiger partial charge in [0, 0.05) is 38.8 Å². The molecule has 0 radical (unpaired) electrons. The lowest BCUT2D eigenvalue weighted by molar-refractivity contribution is -0.136. The van der Waals surface area contributed by atoms with Crippen molar-refractivity contribution in [3.63, 3.8) is 0 Å². The van der Waals surface area contributed by atoms with Crippen molar-refractivity contribution in [2.45, 2.75) is 46.1 Å². The molecule has 1 aromatic rings. The number of piperidine rings is 1. The molecular weight excluding hydrogens is 384 g/mol. The van der Waals surface area contributed by atoms with Gasteiger partial charge in [0.1, 0.15) is 5.69 Å². The molecule has 3 heterocycles. The molecule has 2 aliphatic rings. The van der Waals surface area contributed by atoms with Crippen LogP contribution >= 0.6 is 0 Å². The molecule has 2 fully saturated rings. The standard InChI is InChI=1S/C22H32N4O4/c1-4-30-22(29)18-8-9-19(23-17(18)3)21(28)25-13-11-24(12-14-25)15-20(27)26-10-6-5-7-16(26)2/h8-9,16H,4-7,10-15H2,1-3H3. The Kier molecular flexibility index (Phi) is 7.42. The maximum atomic E-state index is 12.8. The summed E-state index contributed by atoms with van der Waals surface area (Å²) in [6.45, 7) is 9.58. The molecule has 8 nitrogen and oxygen atoms in total. The second-order valence-corrected chi connectivity index (χ2v) is 8.05. The minimum Gasteiger partial charge on any atom is -0.462 e. The molecule has 164 valence electrons. The van der Waals surface area contributed by atoms with Gasteiger partial charge in [-0.15, -0.1) is 0 Å². The summed E-state index contributed by atoms with van der Waals surface area (Å²) in [7, 11) is 0. The van der Waals surface area contributed by atoms with Crippen LogP contribution in [0.25, 0.3) is 0 Å². The molecule has 0 bridgehead atoms. The van der Waals surface area contributed by atoms with Gasteiger partial charge in [0.05, 0.1) is 24.4 Å². The lowest BCUT2D eigenvalue weighted by atomic mass is 10.0. The Balaban J connectivity index is 1.53. The van der Waals surface area contributed by atoms with Crippen LogP contribution in [0.5, 0.6) is 0 Å². The zero-order valence-electron chi connectivity index (χ0n) is 18.2. The number of ether oxygens (including phenoxy) is 1. The SMILES string of the molecule is CCOC(=O)c1ccc(C(=O)N2CCN(CC(=O)N3CCCCC3C)CC2)nc1C. The average Bonchev–Trinajstić information content (AvgIpc) is 2.74. The number of hydrogen-bond acceptors (Lipinski definition) is 6. The third kappa shape index (κ3) is 5.16. The lowest BCUT2D eigenvalue weighted by Crippen LogP contribution is -2.53. The topological polar surface area (TPSA) is 83.1 Å². The normalized spacial score (nSPS) is 20.2. The highest BCUT2D eigenvalue weighted by Crippen LogP contribution is 2.17. The van der Waals surface area contributed by atoms with Gasteiger partial charge in [-0.2, -0.15) is 0 Å². The molecule has 0 N–H and O–H groups in total. The fourth-order valence-electron chi connectivity index (χ4n) is 4.13. The number of rotatable bonds is 5. The summed E-state index contributed by atoms with van der Waals surface area (Å²) < 4.78 is 5.01. The van der Waals surface area contributed by atoms with E-state index < -0.39 is 5.97 Å². The molecule has 2 amide bonds. The quantitative estimate of drug-likeness (QED) is 0.680. The molecule has 0 spiro atoms. The van der Waals surface area contributed by atoms with Crippen molar-refractivity contribution in [1.29, 1.82) is 0 Å². The van der Waals surface area contributed by atoms with Crippen LogP contribution in [0.3, 0.4) is 0 Å². The molecule has 0 aliphatic carbocycles. The number of aromatic nitrogens is 1. The van der Waals surface area contributed by atoms with Crippen molar-refractivity contribution < 1.29 is 19.1 Å². The van der Waals surface area contributed by atoms with Crippen LogP contribution in [0.4, 0.5) is 0 Å². The highest BCUT2D eigenvalue weighted by molar-refractivity contribution is 5.95. The van der Waals surface area contributed by atoms with Gasteiger partial charge in [0.2, 0.25) is 5.91 Å². The summed E-state index contributed by atoms with van der Waals surface area (Å²) in [5.74, 6) is -0.388. The number of carbonyl (C=O) groups excluding carboxylic acids is 3. The van der Waals surface area contributed by atoms with Crippen molar-refractivity contribution in [2.24, 2.45) is 0 Å². The monoisotopic (exact) mass is 416 g/mol. The minimum absolute atomic E-state index is 0.149. The number of hydrogen-bond donors (Lipinski definition) is 0. The van der Waals surface area contributed by atoms with E-state index in [1.807, 2.05) is 4.90 Å². The van der Waals surface area contributed by atoms with Gasteiger partial charge in [-0.25, -0.2) is 9.78 Å². The van der Waals surface area contributed by atoms with Crippen molar-refractivity contribution in [3.05, 3.63) is 29.1 Å².